The van der Waals surface area contributed by atoms with Crippen molar-refractivity contribution in [2.24, 2.45) is 0 Å². The second kappa shape index (κ2) is 7.64. The first-order valence-corrected chi connectivity index (χ1v) is 7.52. The quantitative estimate of drug-likeness (QED) is 0.488. The summed E-state index contributed by atoms with van der Waals surface area (Å²) in [5, 5.41) is 3.65. The van der Waals surface area contributed by atoms with Crippen LogP contribution in [0.25, 0.3) is 0 Å². The van der Waals surface area contributed by atoms with Crippen LogP contribution in [0.2, 0.25) is 0 Å². The van der Waals surface area contributed by atoms with Crippen molar-refractivity contribution in [3.63, 3.8) is 0 Å². The number of carbonyl (C=O) groups is 1. The van der Waals surface area contributed by atoms with Crippen LogP contribution < -0.4 is 11.1 Å². The highest BCUT2D eigenvalue weighted by atomic mass is 32.2. The molecule has 4 nitrogen and oxygen atoms in total. The Morgan fingerprint density at radius 1 is 1.33 bits per heavy atom. The lowest BCUT2D eigenvalue weighted by atomic mass is 10.2. The van der Waals surface area contributed by atoms with Gasteiger partial charge in [0, 0.05) is 18.3 Å². The van der Waals surface area contributed by atoms with Gasteiger partial charge in [-0.05, 0) is 42.5 Å². The molecule has 2 aromatic rings. The topological polar surface area (TPSA) is 68.0 Å². The molecule has 0 spiro atoms. The van der Waals surface area contributed by atoms with Gasteiger partial charge in [0.15, 0.2) is 0 Å². The number of amides is 1. The Balaban J connectivity index is 1.71. The van der Waals surface area contributed by atoms with Crippen LogP contribution in [-0.4, -0.2) is 16.6 Å². The first kappa shape index (κ1) is 15.3. The summed E-state index contributed by atoms with van der Waals surface area (Å²) in [6.07, 6.45) is 2.88. The maximum atomic E-state index is 13.0. The molecule has 0 aliphatic heterocycles. The fraction of sp³-hybridized carbons (Fsp3) is 0.200. The number of hydrogen-bond acceptors (Lipinski definition) is 4. The predicted molar refractivity (Wildman–Crippen MR) is 83.6 cm³/mol. The standard InChI is InChI=1S/C15H16FN3OS/c16-12-7-6-11(10-13(12)17)19-14(20)4-3-9-21-15-5-1-2-8-18-15/h1-2,5-8,10H,3-4,9,17H2,(H,19,20). The van der Waals surface area contributed by atoms with Crippen LogP contribution in [0.1, 0.15) is 12.8 Å². The number of nitrogens with one attached hydrogen (secondary N) is 1. The Labute approximate surface area is 127 Å². The normalized spacial score (nSPS) is 10.3. The number of nitrogens with two attached hydrogens (primary N) is 1. The summed E-state index contributed by atoms with van der Waals surface area (Å²) >= 11 is 1.61. The van der Waals surface area contributed by atoms with E-state index < -0.39 is 5.82 Å². The number of pyridine rings is 1. The number of hydrogen-bond donors (Lipinski definition) is 2. The molecule has 0 radical (unpaired) electrons. The predicted octanol–water partition coefficient (Wildman–Crippen LogP) is 3.31. The number of halogens is 1. The second-order valence-corrected chi connectivity index (χ2v) is 5.52. The molecule has 6 heteroatoms. The summed E-state index contributed by atoms with van der Waals surface area (Å²) in [6.45, 7) is 0. The number of benzene rings is 1. The van der Waals surface area contributed by atoms with Gasteiger partial charge in [0.1, 0.15) is 5.82 Å². The van der Waals surface area contributed by atoms with Crippen LogP contribution in [-0.2, 0) is 4.79 Å². The van der Waals surface area contributed by atoms with Crippen LogP contribution in [0.3, 0.4) is 0 Å². The van der Waals surface area contributed by atoms with E-state index in [0.29, 0.717) is 12.1 Å². The third-order valence-electron chi connectivity index (χ3n) is 2.72. The molecule has 1 amide bonds. The van der Waals surface area contributed by atoms with E-state index in [9.17, 15) is 9.18 Å². The SMILES string of the molecule is Nc1cc(NC(=O)CCCSc2ccccn2)ccc1F. The van der Waals surface area contributed by atoms with Crippen molar-refractivity contribution in [2.45, 2.75) is 17.9 Å². The van der Waals surface area contributed by atoms with Gasteiger partial charge in [0.2, 0.25) is 5.91 Å². The first-order chi connectivity index (χ1) is 10.1. The average molecular weight is 305 g/mol. The highest BCUT2D eigenvalue weighted by molar-refractivity contribution is 7.99. The minimum absolute atomic E-state index is 0.0264. The first-order valence-electron chi connectivity index (χ1n) is 6.54. The summed E-state index contributed by atoms with van der Waals surface area (Å²) in [7, 11) is 0. The van der Waals surface area contributed by atoms with Crippen LogP contribution in [0.4, 0.5) is 15.8 Å². The van der Waals surface area contributed by atoms with Crippen molar-refractivity contribution in [2.75, 3.05) is 16.8 Å². The molecule has 21 heavy (non-hydrogen) atoms. The number of rotatable bonds is 6. The van der Waals surface area contributed by atoms with Crippen molar-refractivity contribution in [3.8, 4) is 0 Å². The zero-order chi connectivity index (χ0) is 15.1. The number of anilines is 2. The molecule has 0 aliphatic rings. The number of carbonyl (C=O) groups excluding carboxylic acids is 1. The molecule has 0 unspecified atom stereocenters. The van der Waals surface area contributed by atoms with Gasteiger partial charge < -0.3 is 11.1 Å². The van der Waals surface area contributed by atoms with E-state index in [1.807, 2.05) is 18.2 Å². The fourth-order valence-corrected chi connectivity index (χ4v) is 2.49. The van der Waals surface area contributed by atoms with Crippen molar-refractivity contribution in [3.05, 3.63) is 48.4 Å². The van der Waals surface area contributed by atoms with Gasteiger partial charge >= 0.3 is 0 Å². The Hall–Kier alpha value is -2.08. The Morgan fingerprint density at radius 2 is 2.19 bits per heavy atom. The lowest BCUT2D eigenvalue weighted by Crippen LogP contribution is -2.11. The molecule has 1 aromatic carbocycles. The van der Waals surface area contributed by atoms with Gasteiger partial charge in [-0.1, -0.05) is 6.07 Å². The van der Waals surface area contributed by atoms with Crippen molar-refractivity contribution in [1.82, 2.24) is 4.98 Å². The van der Waals surface area contributed by atoms with Crippen molar-refractivity contribution < 1.29 is 9.18 Å². The highest BCUT2D eigenvalue weighted by Crippen LogP contribution is 2.18. The molecule has 0 bridgehead atoms. The molecule has 0 aliphatic carbocycles. The van der Waals surface area contributed by atoms with Crippen LogP contribution in [0.15, 0.2) is 47.6 Å². The summed E-state index contributed by atoms with van der Waals surface area (Å²) in [4.78, 5) is 15.9. The minimum atomic E-state index is -0.486. The fourth-order valence-electron chi connectivity index (χ4n) is 1.69. The molecule has 0 saturated carbocycles. The number of aromatic nitrogens is 1. The van der Waals surface area contributed by atoms with Gasteiger partial charge in [0.05, 0.1) is 10.7 Å². The van der Waals surface area contributed by atoms with Gasteiger partial charge in [-0.25, -0.2) is 9.37 Å². The van der Waals surface area contributed by atoms with Gasteiger partial charge in [-0.15, -0.1) is 11.8 Å². The molecule has 1 heterocycles. The zero-order valence-corrected chi connectivity index (χ0v) is 12.2. The van der Waals surface area contributed by atoms with E-state index in [1.165, 1.54) is 18.2 Å². The molecule has 110 valence electrons. The minimum Gasteiger partial charge on any atom is -0.396 e. The van der Waals surface area contributed by atoms with Crippen molar-refractivity contribution in [1.29, 1.82) is 0 Å². The lowest BCUT2D eigenvalue weighted by Gasteiger charge is -2.06. The summed E-state index contributed by atoms with van der Waals surface area (Å²) in [5.74, 6) is 0.220. The molecule has 0 fully saturated rings. The Kier molecular flexibility index (Phi) is 5.57. The summed E-state index contributed by atoms with van der Waals surface area (Å²) in [5.41, 5.74) is 5.98. The molecular weight excluding hydrogens is 289 g/mol. The molecule has 1 aromatic heterocycles. The monoisotopic (exact) mass is 305 g/mol. The third-order valence-corrected chi connectivity index (χ3v) is 3.75. The Bertz CT molecular complexity index is 607. The highest BCUT2D eigenvalue weighted by Gasteiger charge is 2.05. The van der Waals surface area contributed by atoms with Gasteiger partial charge in [-0.2, -0.15) is 0 Å². The van der Waals surface area contributed by atoms with Gasteiger partial charge in [-0.3, -0.25) is 4.79 Å². The van der Waals surface area contributed by atoms with E-state index in [1.54, 1.807) is 18.0 Å². The Morgan fingerprint density at radius 3 is 2.90 bits per heavy atom. The largest absolute Gasteiger partial charge is 0.396 e. The van der Waals surface area contributed by atoms with Crippen LogP contribution in [0.5, 0.6) is 0 Å². The summed E-state index contributed by atoms with van der Waals surface area (Å²) in [6, 6.07) is 9.88. The van der Waals surface area contributed by atoms with E-state index in [2.05, 4.69) is 10.3 Å². The third kappa shape index (κ3) is 5.07. The molecule has 0 atom stereocenters. The smallest absolute Gasteiger partial charge is 0.224 e. The van der Waals surface area contributed by atoms with Crippen LogP contribution in [0, 0.1) is 5.82 Å². The molecule has 2 rings (SSSR count). The number of nitrogen functional groups attached to an aromatic ring is 1. The second-order valence-electron chi connectivity index (χ2n) is 4.40. The maximum Gasteiger partial charge on any atom is 0.224 e. The summed E-state index contributed by atoms with van der Waals surface area (Å²) < 4.78 is 13.0. The van der Waals surface area contributed by atoms with E-state index >= 15 is 0 Å². The maximum absolute atomic E-state index is 13.0. The van der Waals surface area contributed by atoms with Crippen LogP contribution >= 0.6 is 11.8 Å². The molecule has 3 N–H and O–H groups in total. The van der Waals surface area contributed by atoms with E-state index in [4.69, 9.17) is 5.73 Å². The van der Waals surface area contributed by atoms with Crippen molar-refractivity contribution >= 4 is 29.0 Å². The average Bonchev–Trinajstić information content (AvgIpc) is 2.49. The lowest BCUT2D eigenvalue weighted by molar-refractivity contribution is -0.116. The number of nitrogens with zero attached hydrogens (tertiary/aromatic N) is 1. The molecule has 0 saturated heterocycles. The van der Waals surface area contributed by atoms with E-state index in [-0.39, 0.29) is 11.6 Å². The van der Waals surface area contributed by atoms with Gasteiger partial charge in [0.25, 0.3) is 0 Å². The molecular formula is C15H16FN3OS. The van der Waals surface area contributed by atoms with E-state index in [0.717, 1.165) is 17.2 Å². The zero-order valence-electron chi connectivity index (χ0n) is 11.4. The number of thioether (sulfide) groups is 1.